The first kappa shape index (κ1) is 45.3. The van der Waals surface area contributed by atoms with Crippen LogP contribution in [0.25, 0.3) is 66.3 Å². The van der Waals surface area contributed by atoms with Gasteiger partial charge in [0.05, 0.1) is 28.8 Å². The third-order valence-corrected chi connectivity index (χ3v) is 13.7. The van der Waals surface area contributed by atoms with Crippen molar-refractivity contribution in [2.24, 2.45) is 15.0 Å². The maximum Gasteiger partial charge on any atom is 0.161 e. The zero-order valence-electron chi connectivity index (χ0n) is 40.7. The minimum atomic E-state index is 0.447. The van der Waals surface area contributed by atoms with Crippen LogP contribution in [0.4, 0.5) is 17.2 Å². The highest BCUT2D eigenvalue weighted by molar-refractivity contribution is 6.18. The van der Waals surface area contributed by atoms with E-state index in [1.54, 1.807) is 0 Å². The SMILES string of the molecule is C=NC(=NC(=NCc1ccccc1)c1ccccc1)c1cccc(-n2c(N)c(N(Cc3ccccc3)c3ccccc3)c3cc4c5ccccc5n(-c5cc(-c6ccccc6)cc(-c6ccccc6)c5)c4cc32)c1. The number of aromatic nitrogens is 2. The van der Waals surface area contributed by atoms with Crippen LogP contribution < -0.4 is 10.6 Å². The molecule has 0 aliphatic heterocycles. The van der Waals surface area contributed by atoms with Crippen LogP contribution in [-0.4, -0.2) is 27.5 Å². The zero-order valence-corrected chi connectivity index (χ0v) is 40.7. The molecule has 0 fully saturated rings. The molecule has 0 unspecified atom stereocenters. The summed E-state index contributed by atoms with van der Waals surface area (Å²) in [7, 11) is 0. The van der Waals surface area contributed by atoms with Gasteiger partial charge in [-0.1, -0.05) is 200 Å². The van der Waals surface area contributed by atoms with E-state index in [1.807, 2.05) is 60.7 Å². The fourth-order valence-electron chi connectivity index (χ4n) is 10.2. The van der Waals surface area contributed by atoms with Crippen LogP contribution in [0.2, 0.25) is 0 Å². The van der Waals surface area contributed by atoms with Crippen molar-refractivity contribution in [1.29, 1.82) is 0 Å². The Morgan fingerprint density at radius 1 is 0.419 bits per heavy atom. The molecule has 7 nitrogen and oxygen atoms in total. The van der Waals surface area contributed by atoms with E-state index in [2.05, 4.69) is 226 Å². The quantitative estimate of drug-likeness (QED) is 0.0978. The molecule has 0 saturated carbocycles. The van der Waals surface area contributed by atoms with E-state index in [0.29, 0.717) is 30.6 Å². The third kappa shape index (κ3) is 8.84. The van der Waals surface area contributed by atoms with Crippen LogP contribution >= 0.6 is 0 Å². The number of nitrogens with zero attached hydrogens (tertiary/aromatic N) is 6. The molecule has 0 radical (unpaired) electrons. The van der Waals surface area contributed by atoms with Crippen molar-refractivity contribution < 1.29 is 0 Å². The Hall–Kier alpha value is -9.85. The summed E-state index contributed by atoms with van der Waals surface area (Å²) in [5, 5.41) is 3.28. The largest absolute Gasteiger partial charge is 0.383 e. The fourth-order valence-corrected chi connectivity index (χ4v) is 10.2. The van der Waals surface area contributed by atoms with Crippen molar-refractivity contribution in [1.82, 2.24) is 9.13 Å². The molecule has 0 aliphatic rings. The molecule has 12 aromatic rings. The zero-order chi connectivity index (χ0) is 49.8. The summed E-state index contributed by atoms with van der Waals surface area (Å²) >= 11 is 0. The second-order valence-electron chi connectivity index (χ2n) is 18.4. The molecule has 74 heavy (non-hydrogen) atoms. The van der Waals surface area contributed by atoms with E-state index in [9.17, 15) is 0 Å². The highest BCUT2D eigenvalue weighted by atomic mass is 15.2. The number of nitrogen functional groups attached to an aromatic ring is 1. The summed E-state index contributed by atoms with van der Waals surface area (Å²) in [6.07, 6.45) is 0. The molecule has 0 bridgehead atoms. The van der Waals surface area contributed by atoms with Crippen LogP contribution in [0, 0.1) is 0 Å². The molecule has 0 saturated heterocycles. The van der Waals surface area contributed by atoms with Gasteiger partial charge in [0.25, 0.3) is 0 Å². The highest BCUT2D eigenvalue weighted by Crippen LogP contribution is 2.46. The molecular formula is C67H51N7. The first-order chi connectivity index (χ1) is 36.6. The molecular weight excluding hydrogens is 903 g/mol. The molecule has 0 spiro atoms. The summed E-state index contributed by atoms with van der Waals surface area (Å²) < 4.78 is 4.60. The summed E-state index contributed by atoms with van der Waals surface area (Å²) in [5.41, 5.74) is 23.1. The minimum absolute atomic E-state index is 0.447. The van der Waals surface area contributed by atoms with Gasteiger partial charge in [0.1, 0.15) is 5.82 Å². The van der Waals surface area contributed by atoms with Gasteiger partial charge in [-0.15, -0.1) is 0 Å². The van der Waals surface area contributed by atoms with Crippen LogP contribution in [0.3, 0.4) is 0 Å². The lowest BCUT2D eigenvalue weighted by Crippen LogP contribution is -2.18. The summed E-state index contributed by atoms with van der Waals surface area (Å²) in [6.45, 7) is 5.09. The number of hydrogen-bond donors (Lipinski definition) is 1. The molecule has 0 aliphatic carbocycles. The first-order valence-electron chi connectivity index (χ1n) is 24.9. The lowest BCUT2D eigenvalue weighted by atomic mass is 9.98. The molecule has 10 aromatic carbocycles. The van der Waals surface area contributed by atoms with Crippen molar-refractivity contribution in [2.75, 3.05) is 10.6 Å². The summed E-state index contributed by atoms with van der Waals surface area (Å²) in [4.78, 5) is 17.1. The number of para-hydroxylation sites is 2. The van der Waals surface area contributed by atoms with Crippen molar-refractivity contribution in [3.8, 4) is 33.6 Å². The topological polar surface area (TPSA) is 76.2 Å². The molecule has 12 rings (SSSR count). The molecule has 2 N–H and O–H groups in total. The summed E-state index contributed by atoms with van der Waals surface area (Å²) in [5.74, 6) is 1.61. The Morgan fingerprint density at radius 2 is 0.973 bits per heavy atom. The van der Waals surface area contributed by atoms with Gasteiger partial charge in [0.15, 0.2) is 11.7 Å². The molecule has 354 valence electrons. The van der Waals surface area contributed by atoms with Gasteiger partial charge in [-0.3, -0.25) is 9.56 Å². The van der Waals surface area contributed by atoms with E-state index >= 15 is 0 Å². The Balaban J connectivity index is 1.11. The standard InChI is InChI=1S/C67H51N7/c1-69-66(71-67(51-31-16-6-17-32-51)70-45-47-23-8-2-9-24-47)52-33-22-36-56(40-52)74-63-44-62-59(43-60(63)64(65(74)68)72(55-34-18-7-19-35-55)46-48-25-10-3-11-26-48)58-37-20-21-38-61(58)73(62)57-41-53(49-27-12-4-13-28-49)39-54(42-57)50-29-14-5-15-30-50/h2-44H,1,45-46,68H2. The second kappa shape index (κ2) is 20.1. The van der Waals surface area contributed by atoms with Crippen LogP contribution in [0.15, 0.2) is 276 Å². The number of nitrogens with two attached hydrogens (primary N) is 1. The van der Waals surface area contributed by atoms with Crippen molar-refractivity contribution in [2.45, 2.75) is 13.1 Å². The highest BCUT2D eigenvalue weighted by Gasteiger charge is 2.26. The Labute approximate surface area is 430 Å². The number of aliphatic imine (C=N–C) groups is 3. The van der Waals surface area contributed by atoms with Crippen LogP contribution in [0.1, 0.15) is 22.3 Å². The monoisotopic (exact) mass is 953 g/mol. The Kier molecular flexibility index (Phi) is 12.3. The number of benzene rings is 10. The molecule has 2 heterocycles. The second-order valence-corrected chi connectivity index (χ2v) is 18.4. The van der Waals surface area contributed by atoms with E-state index in [-0.39, 0.29) is 0 Å². The van der Waals surface area contributed by atoms with Crippen molar-refractivity contribution in [3.05, 3.63) is 283 Å². The molecule has 0 atom stereocenters. The fraction of sp³-hybridized carbons (Fsp3) is 0.0299. The van der Waals surface area contributed by atoms with E-state index in [0.717, 1.165) is 100.0 Å². The van der Waals surface area contributed by atoms with Gasteiger partial charge >= 0.3 is 0 Å². The maximum absolute atomic E-state index is 7.74. The number of amidine groups is 2. The average molecular weight is 954 g/mol. The number of hydrogen-bond acceptors (Lipinski definition) is 3. The van der Waals surface area contributed by atoms with Gasteiger partial charge in [0, 0.05) is 50.9 Å². The molecule has 7 heteroatoms. The van der Waals surface area contributed by atoms with E-state index < -0.39 is 0 Å². The summed E-state index contributed by atoms with van der Waals surface area (Å²) in [6, 6.07) is 91.2. The van der Waals surface area contributed by atoms with Gasteiger partial charge in [-0.25, -0.2) is 9.98 Å². The van der Waals surface area contributed by atoms with Crippen molar-refractivity contribution in [3.63, 3.8) is 0 Å². The predicted molar refractivity (Wildman–Crippen MR) is 311 cm³/mol. The van der Waals surface area contributed by atoms with E-state index in [4.69, 9.17) is 15.7 Å². The van der Waals surface area contributed by atoms with Crippen LogP contribution in [-0.2, 0) is 13.1 Å². The Bertz CT molecular complexity index is 3950. The average Bonchev–Trinajstić information content (AvgIpc) is 3.96. The maximum atomic E-state index is 7.74. The van der Waals surface area contributed by atoms with Gasteiger partial charge < -0.3 is 15.2 Å². The van der Waals surface area contributed by atoms with Crippen LogP contribution in [0.5, 0.6) is 0 Å². The predicted octanol–water partition coefficient (Wildman–Crippen LogP) is 16.1. The van der Waals surface area contributed by atoms with Gasteiger partial charge in [-0.05, 0) is 101 Å². The van der Waals surface area contributed by atoms with E-state index in [1.165, 1.54) is 0 Å². The Morgan fingerprint density at radius 3 is 1.62 bits per heavy atom. The minimum Gasteiger partial charge on any atom is -0.383 e. The third-order valence-electron chi connectivity index (χ3n) is 13.7. The smallest absolute Gasteiger partial charge is 0.161 e. The van der Waals surface area contributed by atoms with Gasteiger partial charge in [-0.2, -0.15) is 0 Å². The lowest BCUT2D eigenvalue weighted by Gasteiger charge is -2.26. The normalized spacial score (nSPS) is 11.9. The first-order valence-corrected chi connectivity index (χ1v) is 24.9. The number of anilines is 3. The van der Waals surface area contributed by atoms with Crippen molar-refractivity contribution >= 4 is 68.3 Å². The molecule has 2 aromatic heterocycles. The van der Waals surface area contributed by atoms with Gasteiger partial charge in [0.2, 0.25) is 0 Å². The lowest BCUT2D eigenvalue weighted by molar-refractivity contribution is 0.977. The number of fused-ring (bicyclic) bond motifs is 4. The molecule has 0 amide bonds. The number of rotatable bonds is 12.